The summed E-state index contributed by atoms with van der Waals surface area (Å²) in [6.45, 7) is 7.79. The number of thioether (sulfide) groups is 1. The lowest BCUT2D eigenvalue weighted by atomic mass is 10.1. The molecule has 0 bridgehead atoms. The van der Waals surface area contributed by atoms with Crippen molar-refractivity contribution in [1.29, 1.82) is 0 Å². The summed E-state index contributed by atoms with van der Waals surface area (Å²) < 4.78 is 7.88. The van der Waals surface area contributed by atoms with Crippen molar-refractivity contribution in [2.45, 2.75) is 45.4 Å². The molecule has 3 rings (SSSR count). The van der Waals surface area contributed by atoms with E-state index in [-0.39, 0.29) is 17.8 Å². The van der Waals surface area contributed by atoms with Gasteiger partial charge in [-0.3, -0.25) is 10.1 Å². The van der Waals surface area contributed by atoms with E-state index in [4.69, 9.17) is 16.3 Å². The molecular formula is C19H23ClN6O2S2. The molecule has 0 saturated carbocycles. The van der Waals surface area contributed by atoms with Gasteiger partial charge in [-0.1, -0.05) is 41.6 Å². The number of carbonyl (C=O) groups is 1. The number of anilines is 1. The first-order valence-corrected chi connectivity index (χ1v) is 11.5. The zero-order valence-corrected chi connectivity index (χ0v) is 19.8. The Kier molecular flexibility index (Phi) is 7.32. The normalized spacial score (nSPS) is 12.1. The van der Waals surface area contributed by atoms with Gasteiger partial charge in [0.25, 0.3) is 0 Å². The molecule has 0 aliphatic heterocycles. The van der Waals surface area contributed by atoms with E-state index in [1.54, 1.807) is 0 Å². The average molecular weight is 467 g/mol. The molecule has 11 heteroatoms. The second-order valence-electron chi connectivity index (χ2n) is 6.72. The highest BCUT2D eigenvalue weighted by atomic mass is 35.5. The summed E-state index contributed by atoms with van der Waals surface area (Å²) >= 11 is 8.90. The third-order valence-electron chi connectivity index (χ3n) is 4.30. The highest BCUT2D eigenvalue weighted by Gasteiger charge is 2.19. The number of halogens is 1. The maximum atomic E-state index is 12.2. The third-order valence-corrected chi connectivity index (χ3v) is 6.90. The van der Waals surface area contributed by atoms with E-state index in [1.165, 1.54) is 23.1 Å². The first-order valence-electron chi connectivity index (χ1n) is 9.36. The maximum absolute atomic E-state index is 12.2. The number of hydrogen-bond donors (Lipinski definition) is 1. The molecule has 3 aromatic rings. The summed E-state index contributed by atoms with van der Waals surface area (Å²) in [7, 11) is 1.85. The van der Waals surface area contributed by atoms with E-state index in [0.29, 0.717) is 16.1 Å². The van der Waals surface area contributed by atoms with Crippen molar-refractivity contribution < 1.29 is 9.53 Å². The first-order chi connectivity index (χ1) is 14.3. The molecule has 8 nitrogen and oxygen atoms in total. The van der Waals surface area contributed by atoms with Gasteiger partial charge in [-0.15, -0.1) is 20.4 Å². The fraction of sp³-hybridized carbons (Fsp3) is 0.421. The molecule has 30 heavy (non-hydrogen) atoms. The predicted octanol–water partition coefficient (Wildman–Crippen LogP) is 4.37. The van der Waals surface area contributed by atoms with Gasteiger partial charge in [-0.25, -0.2) is 0 Å². The zero-order valence-electron chi connectivity index (χ0n) is 17.4. The number of carbonyl (C=O) groups excluding carboxylic acids is 1. The van der Waals surface area contributed by atoms with Gasteiger partial charge in [-0.2, -0.15) is 0 Å². The summed E-state index contributed by atoms with van der Waals surface area (Å²) in [5.41, 5.74) is 1.92. The number of amides is 1. The number of ether oxygens (including phenoxy) is 1. The maximum Gasteiger partial charge on any atom is 0.236 e. The minimum absolute atomic E-state index is 0.167. The molecule has 1 unspecified atom stereocenters. The quantitative estimate of drug-likeness (QED) is 0.492. The molecule has 0 spiro atoms. The van der Waals surface area contributed by atoms with E-state index in [1.807, 2.05) is 51.4 Å². The van der Waals surface area contributed by atoms with Crippen LogP contribution in [0.1, 0.15) is 41.9 Å². The van der Waals surface area contributed by atoms with Crippen LogP contribution in [0, 0.1) is 13.8 Å². The van der Waals surface area contributed by atoms with Gasteiger partial charge in [0.2, 0.25) is 11.0 Å². The van der Waals surface area contributed by atoms with Gasteiger partial charge in [0, 0.05) is 12.1 Å². The van der Waals surface area contributed by atoms with E-state index in [0.717, 1.165) is 33.3 Å². The largest absolute Gasteiger partial charge is 0.483 e. The van der Waals surface area contributed by atoms with E-state index >= 15 is 0 Å². The number of aryl methyl sites for hydroxylation is 3. The van der Waals surface area contributed by atoms with Crippen LogP contribution in [0.15, 0.2) is 17.3 Å². The van der Waals surface area contributed by atoms with Crippen molar-refractivity contribution in [1.82, 2.24) is 25.0 Å². The van der Waals surface area contributed by atoms with Crippen molar-refractivity contribution in [2.75, 3.05) is 11.1 Å². The lowest BCUT2D eigenvalue weighted by Gasteiger charge is -2.16. The molecule has 0 aliphatic carbocycles. The van der Waals surface area contributed by atoms with E-state index < -0.39 is 0 Å². The van der Waals surface area contributed by atoms with Crippen LogP contribution in [0.3, 0.4) is 0 Å². The molecule has 0 aliphatic rings. The van der Waals surface area contributed by atoms with Crippen LogP contribution < -0.4 is 10.1 Å². The van der Waals surface area contributed by atoms with Gasteiger partial charge >= 0.3 is 0 Å². The molecule has 0 fully saturated rings. The standard InChI is InChI=1S/C19H23ClN6O2S2/c1-6-15-22-24-18(30-15)21-14(27)9-29-19-25-23-17(26(19)5)12(4)28-13-7-10(2)16(20)11(3)8-13/h7-8,12H,6,9H2,1-5H3,(H,21,24,27). The molecule has 2 heterocycles. The fourth-order valence-electron chi connectivity index (χ4n) is 2.77. The van der Waals surface area contributed by atoms with Crippen molar-refractivity contribution in [3.63, 3.8) is 0 Å². The Morgan fingerprint density at radius 3 is 2.60 bits per heavy atom. The molecule has 2 aromatic heterocycles. The molecule has 1 N–H and O–H groups in total. The molecule has 1 aromatic carbocycles. The highest BCUT2D eigenvalue weighted by molar-refractivity contribution is 7.99. The van der Waals surface area contributed by atoms with Gasteiger partial charge < -0.3 is 9.30 Å². The van der Waals surface area contributed by atoms with Crippen molar-refractivity contribution in [3.05, 3.63) is 39.1 Å². The van der Waals surface area contributed by atoms with Crippen molar-refractivity contribution in [2.24, 2.45) is 7.05 Å². The SMILES string of the molecule is CCc1nnc(NC(=O)CSc2nnc(C(C)Oc3cc(C)c(Cl)c(C)c3)n2C)s1. The number of nitrogens with zero attached hydrogens (tertiary/aromatic N) is 5. The Morgan fingerprint density at radius 1 is 1.27 bits per heavy atom. The lowest BCUT2D eigenvalue weighted by Crippen LogP contribution is -2.14. The Balaban J connectivity index is 1.60. The Hall–Kier alpha value is -2.17. The van der Waals surface area contributed by atoms with Gasteiger partial charge in [0.1, 0.15) is 10.8 Å². The number of hydrogen-bond acceptors (Lipinski definition) is 8. The Bertz CT molecular complexity index is 1030. The molecule has 160 valence electrons. The highest BCUT2D eigenvalue weighted by Crippen LogP contribution is 2.29. The molecule has 0 radical (unpaired) electrons. The average Bonchev–Trinajstić information content (AvgIpc) is 3.30. The van der Waals surface area contributed by atoms with E-state index in [2.05, 4.69) is 25.7 Å². The molecular weight excluding hydrogens is 444 g/mol. The van der Waals surface area contributed by atoms with Crippen LogP contribution in [0.25, 0.3) is 0 Å². The number of aromatic nitrogens is 5. The van der Waals surface area contributed by atoms with Crippen LogP contribution in [-0.2, 0) is 18.3 Å². The summed E-state index contributed by atoms with van der Waals surface area (Å²) in [6.07, 6.45) is 0.471. The smallest absolute Gasteiger partial charge is 0.236 e. The predicted molar refractivity (Wildman–Crippen MR) is 120 cm³/mol. The number of nitrogens with one attached hydrogen (secondary N) is 1. The Labute approximate surface area is 188 Å². The van der Waals surface area contributed by atoms with Gasteiger partial charge in [0.05, 0.1) is 5.75 Å². The van der Waals surface area contributed by atoms with Crippen LogP contribution >= 0.6 is 34.7 Å². The summed E-state index contributed by atoms with van der Waals surface area (Å²) in [5, 5.41) is 21.9. The summed E-state index contributed by atoms with van der Waals surface area (Å²) in [5.74, 6) is 1.42. The van der Waals surface area contributed by atoms with Crippen LogP contribution in [0.2, 0.25) is 5.02 Å². The molecule has 1 atom stereocenters. The van der Waals surface area contributed by atoms with Crippen LogP contribution in [-0.4, -0.2) is 36.6 Å². The van der Waals surface area contributed by atoms with Crippen molar-refractivity contribution >= 4 is 45.7 Å². The minimum Gasteiger partial charge on any atom is -0.483 e. The molecule has 0 saturated heterocycles. The monoisotopic (exact) mass is 466 g/mol. The number of benzene rings is 1. The second kappa shape index (κ2) is 9.76. The fourth-order valence-corrected chi connectivity index (χ4v) is 4.29. The van der Waals surface area contributed by atoms with Gasteiger partial charge in [-0.05, 0) is 50.5 Å². The van der Waals surface area contributed by atoms with Crippen LogP contribution in [0.5, 0.6) is 5.75 Å². The first kappa shape index (κ1) is 22.5. The second-order valence-corrected chi connectivity index (χ2v) is 9.10. The van der Waals surface area contributed by atoms with E-state index in [9.17, 15) is 4.79 Å². The summed E-state index contributed by atoms with van der Waals surface area (Å²) in [4.78, 5) is 12.2. The lowest BCUT2D eigenvalue weighted by molar-refractivity contribution is -0.113. The van der Waals surface area contributed by atoms with Gasteiger partial charge in [0.15, 0.2) is 17.1 Å². The number of rotatable bonds is 8. The van der Waals surface area contributed by atoms with Crippen molar-refractivity contribution in [3.8, 4) is 5.75 Å². The van der Waals surface area contributed by atoms with Crippen LogP contribution in [0.4, 0.5) is 5.13 Å². The summed E-state index contributed by atoms with van der Waals surface area (Å²) in [6, 6.07) is 3.80. The molecule has 1 amide bonds. The minimum atomic E-state index is -0.320. The Morgan fingerprint density at radius 2 is 1.97 bits per heavy atom. The zero-order chi connectivity index (χ0) is 21.8. The topological polar surface area (TPSA) is 94.8 Å². The third kappa shape index (κ3) is 5.30.